The van der Waals surface area contributed by atoms with Crippen LogP contribution in [0.25, 0.3) is 77.2 Å². The summed E-state index contributed by atoms with van der Waals surface area (Å²) in [5.41, 5.74) is 9.64. The predicted octanol–water partition coefficient (Wildman–Crippen LogP) is 12.8. The van der Waals surface area contributed by atoms with Crippen LogP contribution in [0.3, 0.4) is 0 Å². The fraction of sp³-hybridized carbons (Fsp3) is 0. The maximum absolute atomic E-state index is 6.82. The van der Waals surface area contributed by atoms with Crippen LogP contribution in [0.2, 0.25) is 0 Å². The zero-order valence-corrected chi connectivity index (χ0v) is 26.4. The molecule has 10 rings (SSSR count). The summed E-state index contributed by atoms with van der Waals surface area (Å²) in [5, 5.41) is 6.65. The summed E-state index contributed by atoms with van der Waals surface area (Å²) in [6, 6.07) is 59.4. The maximum Gasteiger partial charge on any atom is 0.227 e. The number of fused-ring (bicyclic) bond motifs is 7. The van der Waals surface area contributed by atoms with E-state index >= 15 is 0 Å². The lowest BCUT2D eigenvalue weighted by molar-refractivity contribution is 0.619. The SMILES string of the molecule is c1ccc(-c2ccc(N(c3ccc4ccccc4c3)c3cc4ccccc4c4oc5cc(-c6nc7ccccc7o6)ccc5c34)cc2)cc1. The molecule has 4 heteroatoms. The highest BCUT2D eigenvalue weighted by atomic mass is 16.3. The normalized spacial score (nSPS) is 11.7. The summed E-state index contributed by atoms with van der Waals surface area (Å²) in [6.45, 7) is 0. The van der Waals surface area contributed by atoms with E-state index < -0.39 is 0 Å². The molecule has 2 heterocycles. The molecule has 4 nitrogen and oxygen atoms in total. The first-order chi connectivity index (χ1) is 24.3. The summed E-state index contributed by atoms with van der Waals surface area (Å²) in [6.07, 6.45) is 0. The van der Waals surface area contributed by atoms with Crippen molar-refractivity contribution < 1.29 is 8.83 Å². The number of furan rings is 1. The van der Waals surface area contributed by atoms with Gasteiger partial charge < -0.3 is 13.7 Å². The van der Waals surface area contributed by atoms with Gasteiger partial charge in [0.1, 0.15) is 16.7 Å². The van der Waals surface area contributed by atoms with E-state index in [0.717, 1.165) is 66.4 Å². The molecule has 0 aliphatic heterocycles. The molecular formula is C45H28N2O2. The van der Waals surface area contributed by atoms with E-state index in [9.17, 15) is 0 Å². The molecule has 0 spiro atoms. The van der Waals surface area contributed by atoms with Crippen molar-refractivity contribution in [3.63, 3.8) is 0 Å². The second kappa shape index (κ2) is 11.0. The first kappa shape index (κ1) is 27.5. The molecule has 0 saturated carbocycles. The molecule has 230 valence electrons. The molecule has 0 aliphatic rings. The Morgan fingerprint density at radius 1 is 0.429 bits per heavy atom. The van der Waals surface area contributed by atoms with Gasteiger partial charge in [-0.15, -0.1) is 0 Å². The van der Waals surface area contributed by atoms with Crippen LogP contribution in [-0.2, 0) is 0 Å². The van der Waals surface area contributed by atoms with Crippen molar-refractivity contribution in [2.24, 2.45) is 0 Å². The number of para-hydroxylation sites is 2. The Hall–Kier alpha value is -6.65. The van der Waals surface area contributed by atoms with Crippen LogP contribution in [0.5, 0.6) is 0 Å². The standard InChI is InChI=1S/C45H28N2O2/c1-2-10-29(11-3-1)31-18-22-35(23-19-31)47(36-24-20-30-12-4-5-13-32(30)26-36)40-27-33-14-6-7-15-37(33)44-43(40)38-25-21-34(28-42(38)48-44)45-46-39-16-8-9-17-41(39)49-45/h1-28H. The van der Waals surface area contributed by atoms with Crippen molar-refractivity contribution >= 4 is 71.6 Å². The van der Waals surface area contributed by atoms with Gasteiger partial charge in [0.15, 0.2) is 5.58 Å². The number of hydrogen-bond donors (Lipinski definition) is 0. The minimum atomic E-state index is 0.574. The van der Waals surface area contributed by atoms with Crippen molar-refractivity contribution in [2.45, 2.75) is 0 Å². The molecule has 0 N–H and O–H groups in total. The molecule has 0 bridgehead atoms. The largest absolute Gasteiger partial charge is 0.455 e. The Kier molecular flexibility index (Phi) is 6.15. The Balaban J connectivity index is 1.23. The van der Waals surface area contributed by atoms with Crippen LogP contribution < -0.4 is 4.90 Å². The van der Waals surface area contributed by atoms with Crippen molar-refractivity contribution in [2.75, 3.05) is 4.90 Å². The van der Waals surface area contributed by atoms with Gasteiger partial charge in [-0.2, -0.15) is 0 Å². The van der Waals surface area contributed by atoms with Gasteiger partial charge in [0.05, 0.1) is 11.1 Å². The van der Waals surface area contributed by atoms with Crippen molar-refractivity contribution in [3.05, 3.63) is 170 Å². The number of nitrogens with zero attached hydrogens (tertiary/aromatic N) is 2. The van der Waals surface area contributed by atoms with Crippen LogP contribution >= 0.6 is 0 Å². The molecule has 8 aromatic carbocycles. The first-order valence-corrected chi connectivity index (χ1v) is 16.5. The molecule has 0 unspecified atom stereocenters. The molecule has 49 heavy (non-hydrogen) atoms. The number of benzene rings is 8. The fourth-order valence-electron chi connectivity index (χ4n) is 7.07. The third-order valence-electron chi connectivity index (χ3n) is 9.45. The minimum Gasteiger partial charge on any atom is -0.455 e. The second-order valence-electron chi connectivity index (χ2n) is 12.4. The van der Waals surface area contributed by atoms with E-state index in [1.165, 1.54) is 21.9 Å². The average molecular weight is 629 g/mol. The molecule has 0 atom stereocenters. The second-order valence-corrected chi connectivity index (χ2v) is 12.4. The Bertz CT molecular complexity index is 2800. The summed E-state index contributed by atoms with van der Waals surface area (Å²) in [5.74, 6) is 0.574. The zero-order chi connectivity index (χ0) is 32.3. The van der Waals surface area contributed by atoms with Gasteiger partial charge >= 0.3 is 0 Å². The fourth-order valence-corrected chi connectivity index (χ4v) is 7.07. The lowest BCUT2D eigenvalue weighted by Gasteiger charge is -2.27. The quantitative estimate of drug-likeness (QED) is 0.190. The third-order valence-corrected chi connectivity index (χ3v) is 9.45. The van der Waals surface area contributed by atoms with Crippen LogP contribution in [0.1, 0.15) is 0 Å². The summed E-state index contributed by atoms with van der Waals surface area (Å²) in [4.78, 5) is 7.12. The van der Waals surface area contributed by atoms with E-state index in [1.54, 1.807) is 0 Å². The van der Waals surface area contributed by atoms with Gasteiger partial charge in [-0.05, 0) is 87.9 Å². The summed E-state index contributed by atoms with van der Waals surface area (Å²) < 4.78 is 13.0. The van der Waals surface area contributed by atoms with Crippen LogP contribution in [0.15, 0.2) is 179 Å². The molecular weight excluding hydrogens is 601 g/mol. The smallest absolute Gasteiger partial charge is 0.227 e. The van der Waals surface area contributed by atoms with Gasteiger partial charge in [-0.1, -0.05) is 109 Å². The van der Waals surface area contributed by atoms with Gasteiger partial charge in [-0.25, -0.2) is 4.98 Å². The minimum absolute atomic E-state index is 0.574. The maximum atomic E-state index is 6.82. The molecule has 0 aliphatic carbocycles. The van der Waals surface area contributed by atoms with Crippen molar-refractivity contribution in [3.8, 4) is 22.6 Å². The molecule has 0 radical (unpaired) electrons. The van der Waals surface area contributed by atoms with E-state index in [2.05, 4.69) is 144 Å². The van der Waals surface area contributed by atoms with E-state index in [-0.39, 0.29) is 0 Å². The zero-order valence-electron chi connectivity index (χ0n) is 26.4. The summed E-state index contributed by atoms with van der Waals surface area (Å²) >= 11 is 0. The number of rotatable bonds is 5. The van der Waals surface area contributed by atoms with Crippen LogP contribution in [0, 0.1) is 0 Å². The molecule has 10 aromatic rings. The van der Waals surface area contributed by atoms with Crippen molar-refractivity contribution in [1.29, 1.82) is 0 Å². The van der Waals surface area contributed by atoms with Crippen molar-refractivity contribution in [1.82, 2.24) is 4.98 Å². The topological polar surface area (TPSA) is 42.4 Å². The monoisotopic (exact) mass is 628 g/mol. The Labute approximate surface area is 282 Å². The Morgan fingerprint density at radius 3 is 1.98 bits per heavy atom. The lowest BCUT2D eigenvalue weighted by atomic mass is 10.0. The third kappa shape index (κ3) is 4.57. The number of hydrogen-bond acceptors (Lipinski definition) is 4. The number of aromatic nitrogens is 1. The number of oxazole rings is 1. The number of anilines is 3. The van der Waals surface area contributed by atoms with Gasteiger partial charge in [0, 0.05) is 27.7 Å². The first-order valence-electron chi connectivity index (χ1n) is 16.5. The van der Waals surface area contributed by atoms with E-state index in [4.69, 9.17) is 13.8 Å². The lowest BCUT2D eigenvalue weighted by Crippen LogP contribution is -2.10. The Morgan fingerprint density at radius 2 is 1.12 bits per heavy atom. The highest BCUT2D eigenvalue weighted by Gasteiger charge is 2.23. The highest BCUT2D eigenvalue weighted by molar-refractivity contribution is 6.22. The average Bonchev–Trinajstić information content (AvgIpc) is 3.78. The van der Waals surface area contributed by atoms with Gasteiger partial charge in [-0.3, -0.25) is 0 Å². The molecule has 0 amide bonds. The predicted molar refractivity (Wildman–Crippen MR) is 202 cm³/mol. The molecule has 0 fully saturated rings. The van der Waals surface area contributed by atoms with Crippen LogP contribution in [-0.4, -0.2) is 4.98 Å². The van der Waals surface area contributed by atoms with E-state index in [0.29, 0.717) is 5.89 Å². The van der Waals surface area contributed by atoms with Crippen LogP contribution in [0.4, 0.5) is 17.1 Å². The van der Waals surface area contributed by atoms with Gasteiger partial charge in [0.2, 0.25) is 5.89 Å². The van der Waals surface area contributed by atoms with E-state index in [1.807, 2.05) is 30.3 Å². The molecule has 0 saturated heterocycles. The molecule has 2 aromatic heterocycles. The van der Waals surface area contributed by atoms with Gasteiger partial charge in [0.25, 0.3) is 0 Å². The summed E-state index contributed by atoms with van der Waals surface area (Å²) in [7, 11) is 0. The highest BCUT2D eigenvalue weighted by Crippen LogP contribution is 2.47.